The number of esters is 1. The average molecular weight is 458 g/mol. The number of nitrogens with zero attached hydrogens (tertiary/aromatic N) is 2. The lowest BCUT2D eigenvalue weighted by Gasteiger charge is -2.15. The second-order valence-corrected chi connectivity index (χ2v) is 6.82. The van der Waals surface area contributed by atoms with Crippen molar-refractivity contribution in [3.63, 3.8) is 0 Å². The van der Waals surface area contributed by atoms with Gasteiger partial charge < -0.3 is 14.0 Å². The maximum Gasteiger partial charge on any atom is 0.422 e. The molecule has 3 rings (SSSR count). The lowest BCUT2D eigenvalue weighted by Crippen LogP contribution is -2.25. The molecule has 2 heterocycles. The van der Waals surface area contributed by atoms with Gasteiger partial charge in [0.1, 0.15) is 22.7 Å². The molecule has 0 unspecified atom stereocenters. The molecule has 0 saturated carbocycles. The first kappa shape index (κ1) is 23.3. The van der Waals surface area contributed by atoms with Gasteiger partial charge >= 0.3 is 12.1 Å². The molecule has 0 bridgehead atoms. The molecular formula is C21H19F5N2O4. The summed E-state index contributed by atoms with van der Waals surface area (Å²) in [6.07, 6.45) is -4.62. The van der Waals surface area contributed by atoms with Crippen LogP contribution in [0.25, 0.3) is 16.6 Å². The molecule has 11 heteroatoms. The van der Waals surface area contributed by atoms with E-state index in [4.69, 9.17) is 9.47 Å². The molecule has 0 N–H and O–H groups in total. The number of carbonyl (C=O) groups is 1. The molecule has 32 heavy (non-hydrogen) atoms. The summed E-state index contributed by atoms with van der Waals surface area (Å²) in [6, 6.07) is 4.38. The lowest BCUT2D eigenvalue weighted by atomic mass is 10.2. The molecule has 0 radical (unpaired) electrons. The molecule has 3 aromatic rings. The summed E-state index contributed by atoms with van der Waals surface area (Å²) in [5, 5.41) is -0.431. The SMILES string of the molecule is CCOC(=O)c1c(OCC(F)(F)F)c2c(=O)n(-c3c(F)cccc3F)c(CC)cc2n1C. The third kappa shape index (κ3) is 4.06. The van der Waals surface area contributed by atoms with E-state index in [1.165, 1.54) is 24.6 Å². The third-order valence-corrected chi connectivity index (χ3v) is 4.77. The van der Waals surface area contributed by atoms with Gasteiger partial charge in [0, 0.05) is 12.7 Å². The van der Waals surface area contributed by atoms with Crippen LogP contribution in [0.15, 0.2) is 29.1 Å². The van der Waals surface area contributed by atoms with Crippen molar-refractivity contribution in [3.8, 4) is 11.4 Å². The number of pyridine rings is 1. The van der Waals surface area contributed by atoms with Gasteiger partial charge in [-0.25, -0.2) is 13.6 Å². The number of halogens is 5. The van der Waals surface area contributed by atoms with Crippen LogP contribution in [0.2, 0.25) is 0 Å². The lowest BCUT2D eigenvalue weighted by molar-refractivity contribution is -0.153. The van der Waals surface area contributed by atoms with E-state index in [2.05, 4.69) is 0 Å². The van der Waals surface area contributed by atoms with Gasteiger partial charge in [0.15, 0.2) is 18.1 Å². The van der Waals surface area contributed by atoms with Crippen molar-refractivity contribution in [2.45, 2.75) is 26.4 Å². The normalized spacial score (nSPS) is 11.8. The van der Waals surface area contributed by atoms with Gasteiger partial charge in [0.25, 0.3) is 5.56 Å². The Labute approximate surface area is 178 Å². The van der Waals surface area contributed by atoms with Crippen LogP contribution in [0.4, 0.5) is 22.0 Å². The Bertz CT molecular complexity index is 1220. The number of hydrogen-bond donors (Lipinski definition) is 0. The molecule has 0 amide bonds. The molecule has 0 fully saturated rings. The highest BCUT2D eigenvalue weighted by Gasteiger charge is 2.33. The number of aryl methyl sites for hydroxylation is 2. The van der Waals surface area contributed by atoms with Crippen molar-refractivity contribution in [3.05, 3.63) is 57.6 Å². The average Bonchev–Trinajstić information content (AvgIpc) is 2.99. The van der Waals surface area contributed by atoms with E-state index in [9.17, 15) is 31.5 Å². The van der Waals surface area contributed by atoms with E-state index < -0.39 is 58.5 Å². The first-order valence-corrected chi connectivity index (χ1v) is 9.60. The molecule has 2 aromatic heterocycles. The number of rotatable bonds is 6. The van der Waals surface area contributed by atoms with Gasteiger partial charge in [-0.05, 0) is 31.5 Å². The Morgan fingerprint density at radius 3 is 2.28 bits per heavy atom. The van der Waals surface area contributed by atoms with Crippen molar-refractivity contribution < 1.29 is 36.2 Å². The monoisotopic (exact) mass is 458 g/mol. The van der Waals surface area contributed by atoms with Crippen LogP contribution in [0.5, 0.6) is 5.75 Å². The number of ether oxygens (including phenoxy) is 2. The van der Waals surface area contributed by atoms with Crippen molar-refractivity contribution in [2.75, 3.05) is 13.2 Å². The predicted octanol–water partition coefficient (Wildman–Crippen LogP) is 4.29. The number of carbonyl (C=O) groups excluding carboxylic acids is 1. The first-order valence-electron chi connectivity index (χ1n) is 9.60. The van der Waals surface area contributed by atoms with Crippen molar-refractivity contribution in [2.24, 2.45) is 7.05 Å². The number of aromatic nitrogens is 2. The fraction of sp³-hybridized carbons (Fsp3) is 0.333. The van der Waals surface area contributed by atoms with Gasteiger partial charge in [-0.3, -0.25) is 9.36 Å². The molecule has 172 valence electrons. The van der Waals surface area contributed by atoms with E-state index in [0.717, 1.165) is 22.8 Å². The maximum atomic E-state index is 14.5. The summed E-state index contributed by atoms with van der Waals surface area (Å²) in [6.45, 7) is 1.26. The highest BCUT2D eigenvalue weighted by atomic mass is 19.4. The van der Waals surface area contributed by atoms with Crippen LogP contribution in [-0.2, 0) is 18.2 Å². The van der Waals surface area contributed by atoms with Gasteiger partial charge in [-0.15, -0.1) is 0 Å². The fourth-order valence-corrected chi connectivity index (χ4v) is 3.45. The molecule has 1 aromatic carbocycles. The minimum Gasteiger partial charge on any atom is -0.481 e. The van der Waals surface area contributed by atoms with Gasteiger partial charge in [0.2, 0.25) is 0 Å². The van der Waals surface area contributed by atoms with Crippen LogP contribution in [0.1, 0.15) is 30.0 Å². The van der Waals surface area contributed by atoms with E-state index in [1.807, 2.05) is 0 Å². The van der Waals surface area contributed by atoms with Crippen LogP contribution in [0.3, 0.4) is 0 Å². The van der Waals surface area contributed by atoms with E-state index in [1.54, 1.807) is 6.92 Å². The molecule has 0 aliphatic rings. The van der Waals surface area contributed by atoms with Gasteiger partial charge in [-0.2, -0.15) is 13.2 Å². The number of para-hydroxylation sites is 1. The molecule has 6 nitrogen and oxygen atoms in total. The van der Waals surface area contributed by atoms with Crippen molar-refractivity contribution in [1.29, 1.82) is 0 Å². The Morgan fingerprint density at radius 2 is 1.75 bits per heavy atom. The summed E-state index contributed by atoms with van der Waals surface area (Å²) in [5.74, 6) is -3.76. The topological polar surface area (TPSA) is 62.5 Å². The number of alkyl halides is 3. The summed E-state index contributed by atoms with van der Waals surface area (Å²) in [7, 11) is 1.35. The standard InChI is InChI=1S/C21H19F5N2O4/c1-4-11-9-14-15(19(29)28(11)16-12(22)7-6-8-13(16)23)18(32-10-21(24,25)26)17(27(14)3)20(30)31-5-2/h6-9H,4-5,10H2,1-3H3. The highest BCUT2D eigenvalue weighted by Crippen LogP contribution is 2.34. The van der Waals surface area contributed by atoms with Gasteiger partial charge in [0.05, 0.1) is 12.1 Å². The molecular weight excluding hydrogens is 439 g/mol. The molecule has 0 atom stereocenters. The number of hydrogen-bond acceptors (Lipinski definition) is 4. The Morgan fingerprint density at radius 1 is 1.12 bits per heavy atom. The number of fused-ring (bicyclic) bond motifs is 1. The van der Waals surface area contributed by atoms with Crippen LogP contribution in [0, 0.1) is 11.6 Å². The molecule has 0 spiro atoms. The maximum absolute atomic E-state index is 14.5. The van der Waals surface area contributed by atoms with E-state index in [0.29, 0.717) is 0 Å². The van der Waals surface area contributed by atoms with Gasteiger partial charge in [-0.1, -0.05) is 13.0 Å². The smallest absolute Gasteiger partial charge is 0.422 e. The highest BCUT2D eigenvalue weighted by molar-refractivity contribution is 6.01. The molecule has 0 aliphatic carbocycles. The summed E-state index contributed by atoms with van der Waals surface area (Å²) in [4.78, 5) is 25.9. The zero-order valence-electron chi connectivity index (χ0n) is 17.3. The number of benzene rings is 1. The molecule has 0 saturated heterocycles. The summed E-state index contributed by atoms with van der Waals surface area (Å²) < 4.78 is 79.3. The minimum atomic E-state index is -4.77. The first-order chi connectivity index (χ1) is 15.0. The van der Waals surface area contributed by atoms with Crippen LogP contribution in [-0.4, -0.2) is 34.5 Å². The van der Waals surface area contributed by atoms with Crippen molar-refractivity contribution in [1.82, 2.24) is 9.13 Å². The zero-order valence-corrected chi connectivity index (χ0v) is 17.3. The third-order valence-electron chi connectivity index (χ3n) is 4.77. The Balaban J connectivity index is 2.44. The largest absolute Gasteiger partial charge is 0.481 e. The van der Waals surface area contributed by atoms with Crippen molar-refractivity contribution >= 4 is 16.9 Å². The second-order valence-electron chi connectivity index (χ2n) is 6.82. The van der Waals surface area contributed by atoms with Crippen LogP contribution < -0.4 is 10.3 Å². The summed E-state index contributed by atoms with van der Waals surface area (Å²) in [5.41, 5.74) is -1.91. The molecule has 0 aliphatic heterocycles. The quantitative estimate of drug-likeness (QED) is 0.409. The fourth-order valence-electron chi connectivity index (χ4n) is 3.45. The summed E-state index contributed by atoms with van der Waals surface area (Å²) >= 11 is 0. The Hall–Kier alpha value is -3.37. The minimum absolute atomic E-state index is 0.0556. The Kier molecular flexibility index (Phi) is 6.29. The van der Waals surface area contributed by atoms with E-state index >= 15 is 0 Å². The predicted molar refractivity (Wildman–Crippen MR) is 105 cm³/mol. The second kappa shape index (κ2) is 8.64. The van der Waals surface area contributed by atoms with Crippen LogP contribution >= 0.6 is 0 Å². The zero-order chi connectivity index (χ0) is 23.8. The van der Waals surface area contributed by atoms with E-state index in [-0.39, 0.29) is 24.2 Å².